The molecule has 0 spiro atoms. The van der Waals surface area contributed by atoms with Crippen LogP contribution >= 0.6 is 11.6 Å². The first-order chi connectivity index (χ1) is 13.0. The van der Waals surface area contributed by atoms with Crippen LogP contribution in [0.25, 0.3) is 6.08 Å². The fourth-order valence-corrected chi connectivity index (χ4v) is 2.75. The highest BCUT2D eigenvalue weighted by atomic mass is 35.5. The van der Waals surface area contributed by atoms with Gasteiger partial charge in [-0.1, -0.05) is 54.1 Å². The first kappa shape index (κ1) is 18.7. The number of halogens is 1. The lowest BCUT2D eigenvalue weighted by atomic mass is 10.1. The summed E-state index contributed by atoms with van der Waals surface area (Å²) in [7, 11) is 0. The smallest absolute Gasteiger partial charge is 0.417 e. The highest BCUT2D eigenvalue weighted by Crippen LogP contribution is 2.17. The number of cyclic esters (lactones) is 1. The Bertz CT molecular complexity index is 849. The quantitative estimate of drug-likeness (QED) is 0.776. The van der Waals surface area contributed by atoms with E-state index in [1.165, 1.54) is 6.08 Å². The molecule has 0 aliphatic carbocycles. The van der Waals surface area contributed by atoms with Crippen LogP contribution in [0.5, 0.6) is 0 Å². The van der Waals surface area contributed by atoms with Crippen molar-refractivity contribution in [1.29, 1.82) is 0 Å². The number of imide groups is 1. The van der Waals surface area contributed by atoms with Crippen molar-refractivity contribution in [2.45, 2.75) is 6.04 Å². The minimum atomic E-state index is -0.702. The largest absolute Gasteiger partial charge is 0.439 e. The minimum absolute atomic E-state index is 0.00219. The summed E-state index contributed by atoms with van der Waals surface area (Å²) in [6.45, 7) is -0.271. The van der Waals surface area contributed by atoms with Crippen molar-refractivity contribution >= 4 is 35.6 Å². The fourth-order valence-electron chi connectivity index (χ4n) is 2.63. The maximum absolute atomic E-state index is 12.4. The lowest BCUT2D eigenvalue weighted by molar-refractivity contribution is -0.126. The van der Waals surface area contributed by atoms with Crippen LogP contribution in [0.2, 0.25) is 5.02 Å². The maximum atomic E-state index is 12.4. The van der Waals surface area contributed by atoms with Gasteiger partial charge in [-0.25, -0.2) is 9.69 Å². The highest BCUT2D eigenvalue weighted by Gasteiger charge is 2.33. The van der Waals surface area contributed by atoms with E-state index in [1.807, 2.05) is 30.3 Å². The summed E-state index contributed by atoms with van der Waals surface area (Å²) in [5, 5.41) is 3.44. The van der Waals surface area contributed by atoms with Crippen LogP contribution in [0.15, 0.2) is 60.7 Å². The van der Waals surface area contributed by atoms with Gasteiger partial charge in [0.15, 0.2) is 6.61 Å². The number of carbonyl (C=O) groups is 3. The molecule has 2 aromatic rings. The predicted molar refractivity (Wildman–Crippen MR) is 101 cm³/mol. The summed E-state index contributed by atoms with van der Waals surface area (Å²) in [4.78, 5) is 36.9. The van der Waals surface area contributed by atoms with E-state index in [4.69, 9.17) is 16.3 Å². The van der Waals surface area contributed by atoms with Gasteiger partial charge in [0.1, 0.15) is 0 Å². The summed E-state index contributed by atoms with van der Waals surface area (Å²) in [5.41, 5.74) is 1.60. The Morgan fingerprint density at radius 2 is 1.85 bits per heavy atom. The minimum Gasteiger partial charge on any atom is -0.439 e. The normalized spacial score (nSPS) is 15.1. The van der Waals surface area contributed by atoms with Gasteiger partial charge < -0.3 is 10.1 Å². The summed E-state index contributed by atoms with van der Waals surface area (Å²) in [6, 6.07) is 15.6. The number of benzene rings is 2. The Hall–Kier alpha value is -3.12. The second-order valence-electron chi connectivity index (χ2n) is 5.92. The average Bonchev–Trinajstić information content (AvgIpc) is 2.99. The van der Waals surface area contributed by atoms with Gasteiger partial charge in [-0.15, -0.1) is 0 Å². The van der Waals surface area contributed by atoms with E-state index in [0.717, 1.165) is 16.0 Å². The number of nitrogens with zero attached hydrogens (tertiary/aromatic N) is 1. The van der Waals surface area contributed by atoms with Crippen molar-refractivity contribution in [3.63, 3.8) is 0 Å². The van der Waals surface area contributed by atoms with Crippen LogP contribution in [0, 0.1) is 0 Å². The van der Waals surface area contributed by atoms with E-state index in [1.54, 1.807) is 30.3 Å². The van der Waals surface area contributed by atoms with Crippen molar-refractivity contribution in [3.8, 4) is 0 Å². The van der Waals surface area contributed by atoms with Crippen molar-refractivity contribution < 1.29 is 19.1 Å². The molecule has 1 saturated heterocycles. The van der Waals surface area contributed by atoms with Crippen molar-refractivity contribution in [3.05, 3.63) is 76.8 Å². The SMILES string of the molecule is O=C(/C=C/c1ccc(Cl)cc1)NC(CN1C(=O)COC1=O)c1ccccc1. The second kappa shape index (κ2) is 8.51. The lowest BCUT2D eigenvalue weighted by Gasteiger charge is -2.22. The number of carbonyl (C=O) groups excluding carboxylic acids is 3. The van der Waals surface area contributed by atoms with E-state index in [9.17, 15) is 14.4 Å². The molecule has 2 aromatic carbocycles. The molecular formula is C20H17ClN2O4. The number of hydrogen-bond acceptors (Lipinski definition) is 4. The first-order valence-electron chi connectivity index (χ1n) is 8.29. The monoisotopic (exact) mass is 384 g/mol. The molecule has 0 aromatic heterocycles. The Kier molecular flexibility index (Phi) is 5.88. The summed E-state index contributed by atoms with van der Waals surface area (Å²) in [5.74, 6) is -0.772. The lowest BCUT2D eigenvalue weighted by Crippen LogP contribution is -2.40. The average molecular weight is 385 g/mol. The van der Waals surface area contributed by atoms with Crippen LogP contribution < -0.4 is 5.32 Å². The third-order valence-corrected chi connectivity index (χ3v) is 4.27. The zero-order valence-corrected chi connectivity index (χ0v) is 15.1. The molecule has 1 N–H and O–H groups in total. The van der Waals surface area contributed by atoms with Crippen molar-refractivity contribution in [2.75, 3.05) is 13.2 Å². The van der Waals surface area contributed by atoms with Gasteiger partial charge in [0.25, 0.3) is 5.91 Å². The molecule has 1 fully saturated rings. The van der Waals surface area contributed by atoms with Crippen LogP contribution in [-0.4, -0.2) is 36.0 Å². The van der Waals surface area contributed by atoms with E-state index < -0.39 is 18.0 Å². The molecule has 3 rings (SSSR count). The predicted octanol–water partition coefficient (Wildman–Crippen LogP) is 3.19. The number of nitrogens with one attached hydrogen (secondary N) is 1. The third-order valence-electron chi connectivity index (χ3n) is 4.02. The maximum Gasteiger partial charge on any atom is 0.417 e. The molecule has 0 saturated carbocycles. The van der Waals surface area contributed by atoms with Gasteiger partial charge in [-0.2, -0.15) is 0 Å². The Balaban J connectivity index is 1.72. The highest BCUT2D eigenvalue weighted by molar-refractivity contribution is 6.30. The molecule has 27 heavy (non-hydrogen) atoms. The van der Waals surface area contributed by atoms with Crippen LogP contribution in [0.1, 0.15) is 17.2 Å². The number of rotatable bonds is 6. The molecule has 1 heterocycles. The van der Waals surface area contributed by atoms with Crippen LogP contribution in [-0.2, 0) is 14.3 Å². The van der Waals surface area contributed by atoms with Gasteiger partial charge >= 0.3 is 6.09 Å². The zero-order valence-electron chi connectivity index (χ0n) is 14.3. The number of amides is 3. The molecule has 6 nitrogen and oxygen atoms in total. The second-order valence-corrected chi connectivity index (χ2v) is 6.35. The molecule has 138 valence electrons. The van der Waals surface area contributed by atoms with Gasteiger partial charge in [0.2, 0.25) is 5.91 Å². The van der Waals surface area contributed by atoms with Crippen LogP contribution in [0.3, 0.4) is 0 Å². The Morgan fingerprint density at radius 3 is 2.48 bits per heavy atom. The summed E-state index contributed by atoms with van der Waals surface area (Å²) < 4.78 is 4.73. The Labute approximate surface area is 161 Å². The topological polar surface area (TPSA) is 75.7 Å². The molecule has 1 atom stereocenters. The number of ether oxygens (including phenoxy) is 1. The van der Waals surface area contributed by atoms with Gasteiger partial charge in [0.05, 0.1) is 12.6 Å². The zero-order chi connectivity index (χ0) is 19.2. The standard InChI is InChI=1S/C20H17ClN2O4/c21-16-9-6-14(7-10-16)8-11-18(24)22-17(15-4-2-1-3-5-15)12-23-19(25)13-27-20(23)26/h1-11,17H,12-13H2,(H,22,24)/b11-8+. The summed E-state index contributed by atoms with van der Waals surface area (Å²) in [6.07, 6.45) is 2.35. The van der Waals surface area contributed by atoms with Crippen LogP contribution in [0.4, 0.5) is 4.79 Å². The molecule has 1 aliphatic rings. The fraction of sp³-hybridized carbons (Fsp3) is 0.150. The van der Waals surface area contributed by atoms with Gasteiger partial charge in [-0.05, 0) is 29.3 Å². The summed E-state index contributed by atoms with van der Waals surface area (Å²) >= 11 is 5.84. The van der Waals surface area contributed by atoms with E-state index in [0.29, 0.717) is 5.02 Å². The number of hydrogen-bond donors (Lipinski definition) is 1. The molecule has 0 bridgehead atoms. The van der Waals surface area contributed by atoms with Crippen molar-refractivity contribution in [2.24, 2.45) is 0 Å². The van der Waals surface area contributed by atoms with Crippen molar-refractivity contribution in [1.82, 2.24) is 10.2 Å². The van der Waals surface area contributed by atoms with Gasteiger partial charge in [0, 0.05) is 11.1 Å². The molecule has 1 unspecified atom stereocenters. The Morgan fingerprint density at radius 1 is 1.15 bits per heavy atom. The molecule has 7 heteroatoms. The molecule has 1 aliphatic heterocycles. The van der Waals surface area contributed by atoms with E-state index >= 15 is 0 Å². The molecule has 0 radical (unpaired) electrons. The first-order valence-corrected chi connectivity index (χ1v) is 8.67. The van der Waals surface area contributed by atoms with E-state index in [2.05, 4.69) is 5.32 Å². The molecular weight excluding hydrogens is 368 g/mol. The molecule has 3 amide bonds. The van der Waals surface area contributed by atoms with E-state index in [-0.39, 0.29) is 19.1 Å². The van der Waals surface area contributed by atoms with Gasteiger partial charge in [-0.3, -0.25) is 9.59 Å². The third kappa shape index (κ3) is 4.95.